The van der Waals surface area contributed by atoms with E-state index in [1.165, 1.54) is 0 Å². The SMILES string of the molecule is Cl.NCCN1CCCC(F)(F)C1. The van der Waals surface area contributed by atoms with E-state index in [2.05, 4.69) is 0 Å². The van der Waals surface area contributed by atoms with Crippen LogP contribution in [0.1, 0.15) is 12.8 Å². The summed E-state index contributed by atoms with van der Waals surface area (Å²) in [6.07, 6.45) is 0.626. The van der Waals surface area contributed by atoms with Crippen molar-refractivity contribution in [3.63, 3.8) is 0 Å². The average molecular weight is 201 g/mol. The van der Waals surface area contributed by atoms with Crippen LogP contribution in [0.2, 0.25) is 0 Å². The number of likely N-dealkylation sites (tertiary alicyclic amines) is 1. The summed E-state index contributed by atoms with van der Waals surface area (Å²) in [4.78, 5) is 1.73. The summed E-state index contributed by atoms with van der Waals surface area (Å²) in [5.74, 6) is -2.48. The van der Waals surface area contributed by atoms with Crippen molar-refractivity contribution in [3.8, 4) is 0 Å². The second-order valence-electron chi connectivity index (χ2n) is 3.02. The molecule has 0 spiro atoms. The standard InChI is InChI=1S/C7H14F2N2.ClH/c8-7(9)2-1-4-11(6-7)5-3-10;/h1-6,10H2;1H. The van der Waals surface area contributed by atoms with Gasteiger partial charge in [-0.3, -0.25) is 4.90 Å². The van der Waals surface area contributed by atoms with Crippen LogP contribution in [-0.4, -0.2) is 37.0 Å². The van der Waals surface area contributed by atoms with Crippen molar-refractivity contribution in [1.29, 1.82) is 0 Å². The molecule has 1 heterocycles. The molecule has 0 aromatic rings. The average Bonchev–Trinajstić information content (AvgIpc) is 1.85. The lowest BCUT2D eigenvalue weighted by Crippen LogP contribution is -2.44. The van der Waals surface area contributed by atoms with Gasteiger partial charge in [0.05, 0.1) is 6.54 Å². The van der Waals surface area contributed by atoms with E-state index in [-0.39, 0.29) is 25.4 Å². The molecule has 1 aliphatic rings. The molecule has 0 atom stereocenters. The predicted octanol–water partition coefficient (Wildman–Crippen LogP) is 1.10. The number of nitrogens with zero attached hydrogens (tertiary/aromatic N) is 1. The second-order valence-corrected chi connectivity index (χ2v) is 3.02. The van der Waals surface area contributed by atoms with Gasteiger partial charge >= 0.3 is 0 Å². The highest BCUT2D eigenvalue weighted by Gasteiger charge is 2.34. The Morgan fingerprint density at radius 1 is 1.42 bits per heavy atom. The molecule has 5 heteroatoms. The Labute approximate surface area is 77.5 Å². The highest BCUT2D eigenvalue weighted by Crippen LogP contribution is 2.25. The lowest BCUT2D eigenvalue weighted by atomic mass is 10.1. The van der Waals surface area contributed by atoms with Crippen LogP contribution in [0.4, 0.5) is 8.78 Å². The molecule has 0 saturated carbocycles. The summed E-state index contributed by atoms with van der Waals surface area (Å²) in [6.45, 7) is 1.72. The summed E-state index contributed by atoms with van der Waals surface area (Å²) in [5, 5.41) is 0. The summed E-state index contributed by atoms with van der Waals surface area (Å²) in [7, 11) is 0. The monoisotopic (exact) mass is 200 g/mol. The molecule has 0 radical (unpaired) electrons. The fraction of sp³-hybridized carbons (Fsp3) is 1.00. The zero-order valence-corrected chi connectivity index (χ0v) is 7.75. The number of halogens is 3. The topological polar surface area (TPSA) is 29.3 Å². The van der Waals surface area contributed by atoms with E-state index in [4.69, 9.17) is 5.73 Å². The van der Waals surface area contributed by atoms with Crippen molar-refractivity contribution in [3.05, 3.63) is 0 Å². The first-order valence-corrected chi connectivity index (χ1v) is 3.94. The molecular weight excluding hydrogens is 186 g/mol. The van der Waals surface area contributed by atoms with Crippen molar-refractivity contribution in [2.24, 2.45) is 5.73 Å². The summed E-state index contributed by atoms with van der Waals surface area (Å²) in [6, 6.07) is 0. The number of nitrogens with two attached hydrogens (primary N) is 1. The van der Waals surface area contributed by atoms with Crippen LogP contribution in [0.15, 0.2) is 0 Å². The molecule has 1 fully saturated rings. The van der Waals surface area contributed by atoms with Crippen LogP contribution in [0.3, 0.4) is 0 Å². The summed E-state index contributed by atoms with van der Waals surface area (Å²) in [5.41, 5.74) is 5.26. The molecule has 0 aromatic heterocycles. The van der Waals surface area contributed by atoms with E-state index in [1.54, 1.807) is 4.90 Å². The van der Waals surface area contributed by atoms with Gasteiger partial charge in [0.15, 0.2) is 0 Å². The van der Waals surface area contributed by atoms with Gasteiger partial charge in [-0.15, -0.1) is 12.4 Å². The first kappa shape index (κ1) is 12.1. The van der Waals surface area contributed by atoms with E-state index in [0.29, 0.717) is 19.5 Å². The first-order chi connectivity index (χ1) is 5.14. The van der Waals surface area contributed by atoms with Gasteiger partial charge in [-0.25, -0.2) is 8.78 Å². The van der Waals surface area contributed by atoms with Crippen molar-refractivity contribution in [2.75, 3.05) is 26.2 Å². The molecule has 74 valence electrons. The molecule has 0 aromatic carbocycles. The Balaban J connectivity index is 0.00000121. The van der Waals surface area contributed by atoms with Crippen molar-refractivity contribution >= 4 is 12.4 Å². The van der Waals surface area contributed by atoms with Crippen LogP contribution in [0.5, 0.6) is 0 Å². The molecule has 2 nitrogen and oxygen atoms in total. The Morgan fingerprint density at radius 3 is 2.58 bits per heavy atom. The molecule has 2 N–H and O–H groups in total. The molecule has 0 bridgehead atoms. The fourth-order valence-corrected chi connectivity index (χ4v) is 1.42. The van der Waals surface area contributed by atoms with Gasteiger partial charge in [0.2, 0.25) is 0 Å². The van der Waals surface area contributed by atoms with E-state index >= 15 is 0 Å². The fourth-order valence-electron chi connectivity index (χ4n) is 1.42. The van der Waals surface area contributed by atoms with Gasteiger partial charge in [-0.1, -0.05) is 0 Å². The third-order valence-electron chi connectivity index (χ3n) is 1.92. The molecular formula is C7H15ClF2N2. The number of alkyl halides is 2. The van der Waals surface area contributed by atoms with Gasteiger partial charge < -0.3 is 5.73 Å². The van der Waals surface area contributed by atoms with Gasteiger partial charge in [0.25, 0.3) is 5.92 Å². The van der Waals surface area contributed by atoms with Crippen LogP contribution >= 0.6 is 12.4 Å². The smallest absolute Gasteiger partial charge is 0.260 e. The third-order valence-corrected chi connectivity index (χ3v) is 1.92. The first-order valence-electron chi connectivity index (χ1n) is 3.94. The molecule has 0 aliphatic carbocycles. The lowest BCUT2D eigenvalue weighted by molar-refractivity contribution is -0.0630. The van der Waals surface area contributed by atoms with Crippen molar-refractivity contribution in [1.82, 2.24) is 4.90 Å². The van der Waals surface area contributed by atoms with Crippen LogP contribution in [0, 0.1) is 0 Å². The zero-order valence-electron chi connectivity index (χ0n) is 6.93. The summed E-state index contributed by atoms with van der Waals surface area (Å²) >= 11 is 0. The van der Waals surface area contributed by atoms with Gasteiger partial charge in [0, 0.05) is 19.5 Å². The van der Waals surface area contributed by atoms with Crippen molar-refractivity contribution < 1.29 is 8.78 Å². The maximum Gasteiger partial charge on any atom is 0.260 e. The molecule has 1 rings (SSSR count). The maximum absolute atomic E-state index is 12.7. The highest BCUT2D eigenvalue weighted by molar-refractivity contribution is 5.85. The minimum Gasteiger partial charge on any atom is -0.329 e. The Kier molecular flexibility index (Phi) is 4.97. The molecule has 0 amide bonds. The number of rotatable bonds is 2. The Bertz CT molecular complexity index is 131. The van der Waals surface area contributed by atoms with Gasteiger partial charge in [-0.05, 0) is 13.0 Å². The van der Waals surface area contributed by atoms with Crippen LogP contribution in [-0.2, 0) is 0 Å². The quantitative estimate of drug-likeness (QED) is 0.724. The van der Waals surface area contributed by atoms with E-state index < -0.39 is 5.92 Å². The Morgan fingerprint density at radius 2 is 2.08 bits per heavy atom. The molecule has 0 unspecified atom stereocenters. The van der Waals surface area contributed by atoms with Gasteiger partial charge in [-0.2, -0.15) is 0 Å². The third kappa shape index (κ3) is 3.65. The summed E-state index contributed by atoms with van der Waals surface area (Å²) < 4.78 is 25.4. The van der Waals surface area contributed by atoms with E-state index in [1.807, 2.05) is 0 Å². The predicted molar refractivity (Wildman–Crippen MR) is 46.9 cm³/mol. The lowest BCUT2D eigenvalue weighted by Gasteiger charge is -2.31. The van der Waals surface area contributed by atoms with E-state index in [9.17, 15) is 8.78 Å². The maximum atomic E-state index is 12.7. The highest BCUT2D eigenvalue weighted by atomic mass is 35.5. The molecule has 12 heavy (non-hydrogen) atoms. The van der Waals surface area contributed by atoms with E-state index in [0.717, 1.165) is 6.54 Å². The van der Waals surface area contributed by atoms with Crippen LogP contribution in [0.25, 0.3) is 0 Å². The van der Waals surface area contributed by atoms with Gasteiger partial charge in [0.1, 0.15) is 0 Å². The second kappa shape index (κ2) is 4.94. The Hall–Kier alpha value is 0.0700. The minimum absolute atomic E-state index is 0. The normalized spacial score (nSPS) is 23.2. The number of piperidine rings is 1. The minimum atomic E-state index is -2.48. The molecule has 1 aliphatic heterocycles. The number of hydrogen-bond acceptors (Lipinski definition) is 2. The number of hydrogen-bond donors (Lipinski definition) is 1. The largest absolute Gasteiger partial charge is 0.329 e. The van der Waals surface area contributed by atoms with Crippen LogP contribution < -0.4 is 5.73 Å². The zero-order chi connectivity index (χ0) is 8.32. The molecule has 1 saturated heterocycles. The van der Waals surface area contributed by atoms with Crippen molar-refractivity contribution in [2.45, 2.75) is 18.8 Å².